The zero-order valence-corrected chi connectivity index (χ0v) is 13.5. The number of furan rings is 1. The van der Waals surface area contributed by atoms with Crippen molar-refractivity contribution in [1.29, 1.82) is 0 Å². The van der Waals surface area contributed by atoms with E-state index in [0.29, 0.717) is 21.5 Å². The van der Waals surface area contributed by atoms with Crippen LogP contribution in [0, 0.1) is 0 Å². The monoisotopic (exact) mass is 363 g/mol. The van der Waals surface area contributed by atoms with E-state index in [9.17, 15) is 8.42 Å². The fourth-order valence-electron chi connectivity index (χ4n) is 1.66. The van der Waals surface area contributed by atoms with Crippen molar-refractivity contribution >= 4 is 37.3 Å². The summed E-state index contributed by atoms with van der Waals surface area (Å²) in [5, 5.41) is 1.74. The molecule has 4 nitrogen and oxygen atoms in total. The summed E-state index contributed by atoms with van der Waals surface area (Å²) in [7, 11) is -3.45. The van der Waals surface area contributed by atoms with Gasteiger partial charge >= 0.3 is 0 Å². The summed E-state index contributed by atoms with van der Waals surface area (Å²) in [5.74, 6) is 0.864. The first-order valence-electron chi connectivity index (χ1n) is 5.77. The number of halogens is 1. The Labute approximate surface area is 125 Å². The minimum Gasteiger partial charge on any atom is -0.469 e. The summed E-state index contributed by atoms with van der Waals surface area (Å²) >= 11 is 4.44. The van der Waals surface area contributed by atoms with Crippen LogP contribution in [0.25, 0.3) is 0 Å². The van der Waals surface area contributed by atoms with Crippen molar-refractivity contribution in [3.8, 4) is 0 Å². The summed E-state index contributed by atoms with van der Waals surface area (Å²) in [4.78, 5) is 0. The molecule has 1 atom stereocenters. The second kappa shape index (κ2) is 6.21. The predicted molar refractivity (Wildman–Crippen MR) is 78.8 cm³/mol. The second-order valence-electron chi connectivity index (χ2n) is 4.20. The largest absolute Gasteiger partial charge is 0.469 e. The van der Waals surface area contributed by atoms with Crippen LogP contribution in [-0.4, -0.2) is 14.5 Å². The molecular formula is C12H14BrNO3S2. The van der Waals surface area contributed by atoms with Crippen LogP contribution >= 0.6 is 27.3 Å². The molecule has 0 aliphatic heterocycles. The van der Waals surface area contributed by atoms with E-state index in [-0.39, 0.29) is 6.04 Å². The Morgan fingerprint density at radius 2 is 2.26 bits per heavy atom. The van der Waals surface area contributed by atoms with Gasteiger partial charge in [-0.15, -0.1) is 11.3 Å². The maximum atomic E-state index is 12.1. The van der Waals surface area contributed by atoms with Gasteiger partial charge in [0.05, 0.1) is 6.26 Å². The van der Waals surface area contributed by atoms with Gasteiger partial charge in [-0.25, -0.2) is 13.1 Å². The summed E-state index contributed by atoms with van der Waals surface area (Å²) in [6.07, 6.45) is 3.02. The van der Waals surface area contributed by atoms with Gasteiger partial charge in [0, 0.05) is 16.9 Å². The molecule has 0 bridgehead atoms. The topological polar surface area (TPSA) is 59.3 Å². The number of sulfonamides is 1. The van der Waals surface area contributed by atoms with Gasteiger partial charge in [-0.3, -0.25) is 0 Å². The SMILES string of the molecule is CC(CCc1ccco1)NS(=O)(=O)c1sccc1Br. The number of thiophene rings is 1. The molecule has 0 aliphatic carbocycles. The Balaban J connectivity index is 1.95. The van der Waals surface area contributed by atoms with Crippen LogP contribution < -0.4 is 4.72 Å². The molecule has 1 N–H and O–H groups in total. The number of hydrogen-bond acceptors (Lipinski definition) is 4. The average molecular weight is 364 g/mol. The van der Waals surface area contributed by atoms with Crippen molar-refractivity contribution in [3.63, 3.8) is 0 Å². The van der Waals surface area contributed by atoms with Gasteiger partial charge in [0.2, 0.25) is 0 Å². The lowest BCUT2D eigenvalue weighted by atomic mass is 10.2. The molecule has 0 aromatic carbocycles. The Morgan fingerprint density at radius 3 is 2.84 bits per heavy atom. The number of rotatable bonds is 6. The third-order valence-corrected chi connectivity index (χ3v) is 6.85. The first-order valence-corrected chi connectivity index (χ1v) is 8.92. The van der Waals surface area contributed by atoms with Crippen LogP contribution in [0.2, 0.25) is 0 Å². The lowest BCUT2D eigenvalue weighted by Gasteiger charge is -2.12. The van der Waals surface area contributed by atoms with Gasteiger partial charge in [-0.1, -0.05) is 0 Å². The third kappa shape index (κ3) is 3.92. The molecule has 2 aromatic rings. The molecule has 0 saturated carbocycles. The number of aryl methyl sites for hydroxylation is 1. The molecule has 0 radical (unpaired) electrons. The van der Waals surface area contributed by atoms with E-state index < -0.39 is 10.0 Å². The molecule has 0 fully saturated rings. The summed E-state index contributed by atoms with van der Waals surface area (Å²) in [5.41, 5.74) is 0. The normalized spacial score (nSPS) is 13.6. The lowest BCUT2D eigenvalue weighted by Crippen LogP contribution is -2.32. The maximum Gasteiger partial charge on any atom is 0.251 e. The fraction of sp³-hybridized carbons (Fsp3) is 0.333. The highest BCUT2D eigenvalue weighted by Gasteiger charge is 2.21. The molecule has 0 spiro atoms. The zero-order chi connectivity index (χ0) is 13.9. The standard InChI is InChI=1S/C12H14BrNO3S2/c1-9(4-5-10-3-2-7-17-10)14-19(15,16)12-11(13)6-8-18-12/h2-3,6-9,14H,4-5H2,1H3. The summed E-state index contributed by atoms with van der Waals surface area (Å²) in [6, 6.07) is 5.29. The molecule has 1 unspecified atom stereocenters. The molecule has 104 valence electrons. The molecule has 2 aromatic heterocycles. The van der Waals surface area contributed by atoms with E-state index in [0.717, 1.165) is 5.76 Å². The highest BCUT2D eigenvalue weighted by Crippen LogP contribution is 2.27. The molecular weight excluding hydrogens is 350 g/mol. The van der Waals surface area contributed by atoms with E-state index >= 15 is 0 Å². The second-order valence-corrected chi connectivity index (χ2v) is 7.88. The fourth-order valence-corrected chi connectivity index (χ4v) is 5.29. The minimum atomic E-state index is -3.45. The van der Waals surface area contributed by atoms with E-state index in [1.165, 1.54) is 11.3 Å². The summed E-state index contributed by atoms with van der Waals surface area (Å²) < 4.78 is 33.1. The Bertz CT molecular complexity index is 619. The van der Waals surface area contributed by atoms with Crippen LogP contribution in [0.1, 0.15) is 19.1 Å². The maximum absolute atomic E-state index is 12.1. The lowest BCUT2D eigenvalue weighted by molar-refractivity contribution is 0.480. The molecule has 0 saturated heterocycles. The summed E-state index contributed by atoms with van der Waals surface area (Å²) in [6.45, 7) is 1.85. The Morgan fingerprint density at radius 1 is 1.47 bits per heavy atom. The number of hydrogen-bond donors (Lipinski definition) is 1. The van der Waals surface area contributed by atoms with E-state index in [1.54, 1.807) is 17.7 Å². The Hall–Kier alpha value is -0.630. The van der Waals surface area contributed by atoms with Gasteiger partial charge in [-0.05, 0) is 52.9 Å². The van der Waals surface area contributed by atoms with Crippen molar-refractivity contribution < 1.29 is 12.8 Å². The van der Waals surface area contributed by atoms with Gasteiger partial charge in [0.25, 0.3) is 10.0 Å². The smallest absolute Gasteiger partial charge is 0.251 e. The van der Waals surface area contributed by atoms with E-state index in [1.807, 2.05) is 19.1 Å². The molecule has 19 heavy (non-hydrogen) atoms. The first kappa shape index (κ1) is 14.8. The van der Waals surface area contributed by atoms with Crippen molar-refractivity contribution in [2.24, 2.45) is 0 Å². The van der Waals surface area contributed by atoms with Gasteiger partial charge < -0.3 is 4.42 Å². The molecule has 7 heteroatoms. The van der Waals surface area contributed by atoms with E-state index in [4.69, 9.17) is 4.42 Å². The highest BCUT2D eigenvalue weighted by molar-refractivity contribution is 9.10. The first-order chi connectivity index (χ1) is 8.99. The van der Waals surface area contributed by atoms with Crippen LogP contribution in [0.5, 0.6) is 0 Å². The highest BCUT2D eigenvalue weighted by atomic mass is 79.9. The van der Waals surface area contributed by atoms with Crippen molar-refractivity contribution in [3.05, 3.63) is 40.1 Å². The van der Waals surface area contributed by atoms with E-state index in [2.05, 4.69) is 20.7 Å². The number of nitrogens with one attached hydrogen (secondary N) is 1. The quantitative estimate of drug-likeness (QED) is 0.855. The average Bonchev–Trinajstić information content (AvgIpc) is 2.96. The minimum absolute atomic E-state index is 0.149. The molecule has 0 amide bonds. The molecule has 2 rings (SSSR count). The third-order valence-electron chi connectivity index (χ3n) is 2.59. The molecule has 0 aliphatic rings. The van der Waals surface area contributed by atoms with Crippen molar-refractivity contribution in [2.75, 3.05) is 0 Å². The Kier molecular flexibility index (Phi) is 4.83. The van der Waals surface area contributed by atoms with Gasteiger partial charge in [-0.2, -0.15) is 0 Å². The van der Waals surface area contributed by atoms with Crippen molar-refractivity contribution in [2.45, 2.75) is 30.0 Å². The predicted octanol–water partition coefficient (Wildman–Crippen LogP) is 3.40. The molecule has 2 heterocycles. The van der Waals surface area contributed by atoms with Crippen LogP contribution in [0.3, 0.4) is 0 Å². The van der Waals surface area contributed by atoms with Crippen LogP contribution in [0.4, 0.5) is 0 Å². The van der Waals surface area contributed by atoms with Gasteiger partial charge in [0.15, 0.2) is 0 Å². The van der Waals surface area contributed by atoms with Crippen LogP contribution in [0.15, 0.2) is 42.9 Å². The van der Waals surface area contributed by atoms with Crippen LogP contribution in [-0.2, 0) is 16.4 Å². The van der Waals surface area contributed by atoms with Crippen molar-refractivity contribution in [1.82, 2.24) is 4.72 Å². The zero-order valence-electron chi connectivity index (χ0n) is 10.3. The van der Waals surface area contributed by atoms with Gasteiger partial charge in [0.1, 0.15) is 9.97 Å².